The normalized spacial score (nSPS) is 16.6. The van der Waals surface area contributed by atoms with Gasteiger partial charge in [0, 0.05) is 19.6 Å². The highest BCUT2D eigenvalue weighted by atomic mass is 32.2. The molecule has 1 amide bonds. The van der Waals surface area contributed by atoms with Crippen molar-refractivity contribution in [3.8, 4) is 0 Å². The number of nitrogens with two attached hydrogens (primary N) is 1. The number of hydrogen-bond donors (Lipinski definition) is 2. The van der Waals surface area contributed by atoms with E-state index in [1.165, 1.54) is 10.4 Å². The molecule has 0 aliphatic carbocycles. The van der Waals surface area contributed by atoms with Crippen LogP contribution >= 0.6 is 11.3 Å². The van der Waals surface area contributed by atoms with Crippen LogP contribution in [0, 0.1) is 0 Å². The lowest BCUT2D eigenvalue weighted by Gasteiger charge is -2.25. The SMILES string of the molecule is CCCCNc1sc(S(=O)(=O)N2CCCCC2)cc1C(N)=O. The number of piperidine rings is 1. The first-order valence-corrected chi connectivity index (χ1v) is 9.90. The maximum atomic E-state index is 12.7. The zero-order valence-corrected chi connectivity index (χ0v) is 14.4. The minimum Gasteiger partial charge on any atom is -0.376 e. The Morgan fingerprint density at radius 2 is 2.05 bits per heavy atom. The lowest BCUT2D eigenvalue weighted by molar-refractivity contribution is 0.100. The second-order valence-electron chi connectivity index (χ2n) is 5.42. The van der Waals surface area contributed by atoms with Crippen LogP contribution in [0.2, 0.25) is 0 Å². The molecule has 1 fully saturated rings. The number of primary amides is 1. The summed E-state index contributed by atoms with van der Waals surface area (Å²) in [6, 6.07) is 1.41. The van der Waals surface area contributed by atoms with Crippen molar-refractivity contribution < 1.29 is 13.2 Å². The summed E-state index contributed by atoms with van der Waals surface area (Å²) in [6.45, 7) is 3.85. The minimum absolute atomic E-state index is 0.196. The summed E-state index contributed by atoms with van der Waals surface area (Å²) in [7, 11) is -3.52. The quantitative estimate of drug-likeness (QED) is 0.741. The smallest absolute Gasteiger partial charge is 0.252 e. The van der Waals surface area contributed by atoms with Gasteiger partial charge in [0.25, 0.3) is 15.9 Å². The molecule has 0 atom stereocenters. The standard InChI is InChI=1S/C14H23N3O3S2/c1-2-3-7-16-14-11(13(15)18)10-12(21-14)22(19,20)17-8-5-4-6-9-17/h10,16H,2-9H2,1H3,(H2,15,18). The number of unbranched alkanes of at least 4 members (excludes halogenated alkanes) is 1. The Bertz CT molecular complexity index is 619. The molecule has 124 valence electrons. The molecule has 0 saturated carbocycles. The molecule has 1 aliphatic heterocycles. The summed E-state index contributed by atoms with van der Waals surface area (Å²) in [4.78, 5) is 11.6. The van der Waals surface area contributed by atoms with Crippen LogP contribution in [0.25, 0.3) is 0 Å². The van der Waals surface area contributed by atoms with Crippen molar-refractivity contribution in [2.24, 2.45) is 5.73 Å². The first-order valence-electron chi connectivity index (χ1n) is 7.64. The number of amides is 1. The lowest BCUT2D eigenvalue weighted by atomic mass is 10.2. The Morgan fingerprint density at radius 1 is 1.36 bits per heavy atom. The predicted molar refractivity (Wildman–Crippen MR) is 88.8 cm³/mol. The number of thiophene rings is 1. The topological polar surface area (TPSA) is 92.5 Å². The third-order valence-corrected chi connectivity index (χ3v) is 7.14. The monoisotopic (exact) mass is 345 g/mol. The average molecular weight is 345 g/mol. The Morgan fingerprint density at radius 3 is 2.64 bits per heavy atom. The van der Waals surface area contributed by atoms with Crippen molar-refractivity contribution in [2.45, 2.75) is 43.2 Å². The summed E-state index contributed by atoms with van der Waals surface area (Å²) in [5.74, 6) is -0.602. The minimum atomic E-state index is -3.52. The number of hydrogen-bond acceptors (Lipinski definition) is 5. The largest absolute Gasteiger partial charge is 0.376 e. The molecule has 2 heterocycles. The summed E-state index contributed by atoms with van der Waals surface area (Å²) in [5, 5.41) is 3.68. The molecule has 0 spiro atoms. The van der Waals surface area contributed by atoms with E-state index in [9.17, 15) is 13.2 Å². The fourth-order valence-electron chi connectivity index (χ4n) is 2.42. The van der Waals surface area contributed by atoms with E-state index in [0.29, 0.717) is 24.6 Å². The highest BCUT2D eigenvalue weighted by Crippen LogP contribution is 2.33. The lowest BCUT2D eigenvalue weighted by Crippen LogP contribution is -2.35. The van der Waals surface area contributed by atoms with Crippen LogP contribution in [-0.4, -0.2) is 38.3 Å². The van der Waals surface area contributed by atoms with Gasteiger partial charge in [0.2, 0.25) is 0 Å². The first kappa shape index (κ1) is 17.2. The van der Waals surface area contributed by atoms with Crippen LogP contribution < -0.4 is 11.1 Å². The van der Waals surface area contributed by atoms with Gasteiger partial charge in [0.15, 0.2) is 0 Å². The number of anilines is 1. The molecule has 1 aliphatic rings. The van der Waals surface area contributed by atoms with E-state index in [1.807, 2.05) is 0 Å². The average Bonchev–Trinajstić information content (AvgIpc) is 2.94. The van der Waals surface area contributed by atoms with Gasteiger partial charge in [0.1, 0.15) is 9.21 Å². The van der Waals surface area contributed by atoms with Crippen molar-refractivity contribution in [3.05, 3.63) is 11.6 Å². The molecule has 1 aromatic rings. The number of rotatable bonds is 7. The Kier molecular flexibility index (Phi) is 5.82. The van der Waals surface area contributed by atoms with Crippen LogP contribution in [0.4, 0.5) is 5.00 Å². The summed E-state index contributed by atoms with van der Waals surface area (Å²) in [5.41, 5.74) is 5.63. The Labute approximate surface area is 135 Å². The molecular formula is C14H23N3O3S2. The molecule has 22 heavy (non-hydrogen) atoms. The van der Waals surface area contributed by atoms with Gasteiger partial charge < -0.3 is 11.1 Å². The van der Waals surface area contributed by atoms with E-state index in [0.717, 1.165) is 43.4 Å². The van der Waals surface area contributed by atoms with Gasteiger partial charge in [-0.05, 0) is 25.3 Å². The fourth-order valence-corrected chi connectivity index (χ4v) is 5.49. The number of sulfonamides is 1. The maximum Gasteiger partial charge on any atom is 0.252 e. The van der Waals surface area contributed by atoms with Crippen molar-refractivity contribution in [1.29, 1.82) is 0 Å². The second kappa shape index (κ2) is 7.43. The highest BCUT2D eigenvalue weighted by Gasteiger charge is 2.29. The van der Waals surface area contributed by atoms with Crippen LogP contribution in [0.1, 0.15) is 49.4 Å². The molecule has 6 nitrogen and oxygen atoms in total. The summed E-state index contributed by atoms with van der Waals surface area (Å²) >= 11 is 1.10. The first-order chi connectivity index (χ1) is 10.5. The predicted octanol–water partition coefficient (Wildman–Crippen LogP) is 2.23. The third kappa shape index (κ3) is 3.80. The van der Waals surface area contributed by atoms with Crippen LogP contribution in [0.15, 0.2) is 10.3 Å². The number of carbonyl (C=O) groups excluding carboxylic acids is 1. The van der Waals surface area contributed by atoms with Crippen molar-refractivity contribution in [3.63, 3.8) is 0 Å². The zero-order valence-electron chi connectivity index (χ0n) is 12.8. The molecule has 0 radical (unpaired) electrons. The van der Waals surface area contributed by atoms with Crippen LogP contribution in [0.5, 0.6) is 0 Å². The molecule has 0 bridgehead atoms. The molecule has 2 rings (SSSR count). The van der Waals surface area contributed by atoms with Crippen molar-refractivity contribution in [1.82, 2.24) is 4.31 Å². The fraction of sp³-hybridized carbons (Fsp3) is 0.643. The van der Waals surface area contributed by atoms with Crippen molar-refractivity contribution >= 4 is 32.3 Å². The highest BCUT2D eigenvalue weighted by molar-refractivity contribution is 7.91. The van der Waals surface area contributed by atoms with Gasteiger partial charge >= 0.3 is 0 Å². The molecular weight excluding hydrogens is 322 g/mol. The van der Waals surface area contributed by atoms with E-state index in [1.54, 1.807) is 0 Å². The van der Waals surface area contributed by atoms with Gasteiger partial charge in [-0.2, -0.15) is 4.31 Å². The second-order valence-corrected chi connectivity index (χ2v) is 8.63. The molecule has 1 saturated heterocycles. The Hall–Kier alpha value is -1.12. The number of nitrogens with zero attached hydrogens (tertiary/aromatic N) is 1. The van der Waals surface area contributed by atoms with E-state index in [4.69, 9.17) is 5.73 Å². The number of carbonyl (C=O) groups is 1. The van der Waals surface area contributed by atoms with Gasteiger partial charge in [0.05, 0.1) is 5.56 Å². The van der Waals surface area contributed by atoms with E-state index >= 15 is 0 Å². The summed E-state index contributed by atoms with van der Waals surface area (Å²) < 4.78 is 27.0. The van der Waals surface area contributed by atoms with E-state index in [-0.39, 0.29) is 9.77 Å². The van der Waals surface area contributed by atoms with Gasteiger partial charge in [-0.1, -0.05) is 19.8 Å². The van der Waals surface area contributed by atoms with Crippen molar-refractivity contribution in [2.75, 3.05) is 25.0 Å². The molecule has 0 aromatic carbocycles. The molecule has 1 aromatic heterocycles. The van der Waals surface area contributed by atoms with Gasteiger partial charge in [-0.3, -0.25) is 4.79 Å². The molecule has 8 heteroatoms. The van der Waals surface area contributed by atoms with Crippen LogP contribution in [-0.2, 0) is 10.0 Å². The van der Waals surface area contributed by atoms with Gasteiger partial charge in [-0.15, -0.1) is 11.3 Å². The molecule has 0 unspecified atom stereocenters. The van der Waals surface area contributed by atoms with E-state index < -0.39 is 15.9 Å². The zero-order chi connectivity index (χ0) is 16.2. The Balaban J connectivity index is 2.26. The summed E-state index contributed by atoms with van der Waals surface area (Å²) in [6.07, 6.45) is 4.80. The molecule has 3 N–H and O–H groups in total. The maximum absolute atomic E-state index is 12.7. The number of nitrogens with one attached hydrogen (secondary N) is 1. The van der Waals surface area contributed by atoms with E-state index in [2.05, 4.69) is 12.2 Å². The van der Waals surface area contributed by atoms with Gasteiger partial charge in [-0.25, -0.2) is 8.42 Å². The third-order valence-electron chi connectivity index (χ3n) is 3.70. The van der Waals surface area contributed by atoms with Crippen LogP contribution in [0.3, 0.4) is 0 Å².